The Morgan fingerprint density at radius 1 is 1.32 bits per heavy atom. The molecule has 1 aliphatic rings. The van der Waals surface area contributed by atoms with Crippen LogP contribution in [0.5, 0.6) is 0 Å². The predicted octanol–water partition coefficient (Wildman–Crippen LogP) is 4.72. The maximum Gasteiger partial charge on any atom is 0.0365 e. The molecule has 0 heterocycles. The molecule has 1 aliphatic carbocycles. The van der Waals surface area contributed by atoms with E-state index in [2.05, 4.69) is 68.7 Å². The summed E-state index contributed by atoms with van der Waals surface area (Å²) in [5.41, 5.74) is 3.98. The zero-order valence-electron chi connectivity index (χ0n) is 12.4. The number of allylic oxidation sites excluding steroid dienone is 2. The van der Waals surface area contributed by atoms with E-state index in [-0.39, 0.29) is 0 Å². The summed E-state index contributed by atoms with van der Waals surface area (Å²) in [5.74, 6) is 0.743. The van der Waals surface area contributed by atoms with Crippen molar-refractivity contribution in [2.45, 2.75) is 39.7 Å². The SMILES string of the molecule is C=C(C1CC1)N(C/C=C(\C)c1ccccc1)C(C)C. The van der Waals surface area contributed by atoms with E-state index in [9.17, 15) is 0 Å². The van der Waals surface area contributed by atoms with Gasteiger partial charge in [-0.05, 0) is 50.7 Å². The lowest BCUT2D eigenvalue weighted by Crippen LogP contribution is -2.30. The van der Waals surface area contributed by atoms with Crippen molar-refractivity contribution in [3.8, 4) is 0 Å². The van der Waals surface area contributed by atoms with Gasteiger partial charge in [-0.15, -0.1) is 0 Å². The van der Waals surface area contributed by atoms with Crippen LogP contribution in [-0.2, 0) is 0 Å². The van der Waals surface area contributed by atoms with E-state index < -0.39 is 0 Å². The van der Waals surface area contributed by atoms with Crippen LogP contribution in [0, 0.1) is 5.92 Å². The zero-order valence-corrected chi connectivity index (χ0v) is 12.4. The van der Waals surface area contributed by atoms with Gasteiger partial charge in [0.1, 0.15) is 0 Å². The van der Waals surface area contributed by atoms with Gasteiger partial charge in [0.2, 0.25) is 0 Å². The molecule has 0 bridgehead atoms. The third kappa shape index (κ3) is 3.73. The summed E-state index contributed by atoms with van der Waals surface area (Å²) < 4.78 is 0. The Balaban J connectivity index is 2.03. The molecular weight excluding hydrogens is 230 g/mol. The molecule has 1 saturated carbocycles. The lowest BCUT2D eigenvalue weighted by molar-refractivity contribution is 0.299. The number of nitrogens with zero attached hydrogens (tertiary/aromatic N) is 1. The van der Waals surface area contributed by atoms with E-state index in [0.29, 0.717) is 6.04 Å². The second-order valence-electron chi connectivity index (χ2n) is 5.76. The Labute approximate surface area is 117 Å². The summed E-state index contributed by atoms with van der Waals surface area (Å²) in [6.45, 7) is 11.9. The highest BCUT2D eigenvalue weighted by Gasteiger charge is 2.28. The molecule has 1 nitrogen and oxygen atoms in total. The van der Waals surface area contributed by atoms with Gasteiger partial charge in [0.25, 0.3) is 0 Å². The predicted molar refractivity (Wildman–Crippen MR) is 83.8 cm³/mol. The standard InChI is InChI=1S/C18H25N/c1-14(2)19(16(4)18-10-11-18)13-12-15(3)17-8-6-5-7-9-17/h5-9,12,14,18H,4,10-11,13H2,1-3H3/b15-12+. The molecule has 0 unspecified atom stereocenters. The Morgan fingerprint density at radius 2 is 1.95 bits per heavy atom. The van der Waals surface area contributed by atoms with Crippen molar-refractivity contribution in [3.05, 3.63) is 54.2 Å². The minimum atomic E-state index is 0.521. The van der Waals surface area contributed by atoms with Crippen LogP contribution >= 0.6 is 0 Å². The van der Waals surface area contributed by atoms with Crippen LogP contribution in [0.4, 0.5) is 0 Å². The van der Waals surface area contributed by atoms with Crippen molar-refractivity contribution in [2.24, 2.45) is 5.92 Å². The number of benzene rings is 1. The van der Waals surface area contributed by atoms with Gasteiger partial charge >= 0.3 is 0 Å². The Hall–Kier alpha value is -1.50. The van der Waals surface area contributed by atoms with Crippen LogP contribution in [0.15, 0.2) is 48.7 Å². The number of hydrogen-bond acceptors (Lipinski definition) is 1. The maximum absolute atomic E-state index is 4.29. The fraction of sp³-hybridized carbons (Fsp3) is 0.444. The molecule has 1 heteroatoms. The molecule has 0 spiro atoms. The molecule has 2 rings (SSSR count). The summed E-state index contributed by atoms with van der Waals surface area (Å²) in [5, 5.41) is 0. The molecule has 0 N–H and O–H groups in total. The largest absolute Gasteiger partial charge is 0.369 e. The van der Waals surface area contributed by atoms with E-state index in [1.165, 1.54) is 29.7 Å². The first kappa shape index (κ1) is 13.9. The van der Waals surface area contributed by atoms with Crippen molar-refractivity contribution in [1.82, 2.24) is 4.90 Å². The number of rotatable bonds is 6. The molecule has 0 atom stereocenters. The van der Waals surface area contributed by atoms with Gasteiger partial charge in [-0.2, -0.15) is 0 Å². The fourth-order valence-electron chi connectivity index (χ4n) is 2.36. The lowest BCUT2D eigenvalue weighted by atomic mass is 10.1. The quantitative estimate of drug-likeness (QED) is 0.710. The first-order valence-electron chi connectivity index (χ1n) is 7.27. The maximum atomic E-state index is 4.29. The van der Waals surface area contributed by atoms with E-state index in [1.54, 1.807) is 0 Å². The van der Waals surface area contributed by atoms with Crippen LogP contribution in [0.2, 0.25) is 0 Å². The summed E-state index contributed by atoms with van der Waals surface area (Å²) in [6.07, 6.45) is 4.97. The first-order chi connectivity index (χ1) is 9.09. The van der Waals surface area contributed by atoms with Gasteiger partial charge in [-0.25, -0.2) is 0 Å². The molecule has 1 fully saturated rings. The minimum Gasteiger partial charge on any atom is -0.369 e. The van der Waals surface area contributed by atoms with Crippen molar-refractivity contribution in [3.63, 3.8) is 0 Å². The molecule has 0 aliphatic heterocycles. The summed E-state index contributed by atoms with van der Waals surface area (Å²) in [7, 11) is 0. The van der Waals surface area contributed by atoms with Gasteiger partial charge in [-0.3, -0.25) is 0 Å². The van der Waals surface area contributed by atoms with Crippen molar-refractivity contribution < 1.29 is 0 Å². The van der Waals surface area contributed by atoms with Crippen molar-refractivity contribution in [1.29, 1.82) is 0 Å². The summed E-state index contributed by atoms with van der Waals surface area (Å²) >= 11 is 0. The van der Waals surface area contributed by atoms with Crippen molar-refractivity contribution in [2.75, 3.05) is 6.54 Å². The van der Waals surface area contributed by atoms with E-state index in [0.717, 1.165) is 12.5 Å². The van der Waals surface area contributed by atoms with Gasteiger partial charge < -0.3 is 4.90 Å². The zero-order chi connectivity index (χ0) is 13.8. The minimum absolute atomic E-state index is 0.521. The molecule has 1 aromatic rings. The van der Waals surface area contributed by atoms with Gasteiger partial charge in [-0.1, -0.05) is 43.0 Å². The summed E-state index contributed by atoms with van der Waals surface area (Å²) in [4.78, 5) is 2.43. The molecule has 0 aromatic heterocycles. The topological polar surface area (TPSA) is 3.24 Å². The van der Waals surface area contributed by atoms with Crippen molar-refractivity contribution >= 4 is 5.57 Å². The van der Waals surface area contributed by atoms with Gasteiger partial charge in [0.15, 0.2) is 0 Å². The highest BCUT2D eigenvalue weighted by Crippen LogP contribution is 2.37. The first-order valence-corrected chi connectivity index (χ1v) is 7.27. The average molecular weight is 255 g/mol. The highest BCUT2D eigenvalue weighted by molar-refractivity contribution is 5.63. The third-order valence-electron chi connectivity index (χ3n) is 3.86. The molecule has 0 radical (unpaired) electrons. The van der Waals surface area contributed by atoms with Crippen LogP contribution in [0.3, 0.4) is 0 Å². The second kappa shape index (κ2) is 6.10. The summed E-state index contributed by atoms with van der Waals surface area (Å²) in [6, 6.07) is 11.1. The monoisotopic (exact) mass is 255 g/mol. The molecule has 0 saturated heterocycles. The Morgan fingerprint density at radius 3 is 2.47 bits per heavy atom. The van der Waals surface area contributed by atoms with Crippen LogP contribution in [-0.4, -0.2) is 17.5 Å². The van der Waals surface area contributed by atoms with E-state index in [4.69, 9.17) is 0 Å². The smallest absolute Gasteiger partial charge is 0.0365 e. The van der Waals surface area contributed by atoms with Crippen LogP contribution in [0.25, 0.3) is 5.57 Å². The number of hydrogen-bond donors (Lipinski definition) is 0. The third-order valence-corrected chi connectivity index (χ3v) is 3.86. The second-order valence-corrected chi connectivity index (χ2v) is 5.76. The fourth-order valence-corrected chi connectivity index (χ4v) is 2.36. The molecular formula is C18H25N. The van der Waals surface area contributed by atoms with Gasteiger partial charge in [0, 0.05) is 18.3 Å². The molecule has 1 aromatic carbocycles. The highest BCUT2D eigenvalue weighted by atomic mass is 15.2. The van der Waals surface area contributed by atoms with Crippen LogP contribution in [0.1, 0.15) is 39.2 Å². The van der Waals surface area contributed by atoms with Gasteiger partial charge in [0.05, 0.1) is 0 Å². The van der Waals surface area contributed by atoms with Crippen LogP contribution < -0.4 is 0 Å². The molecule has 0 amide bonds. The van der Waals surface area contributed by atoms with E-state index in [1.807, 2.05) is 0 Å². The lowest BCUT2D eigenvalue weighted by Gasteiger charge is -2.30. The Bertz CT molecular complexity index is 452. The normalized spacial score (nSPS) is 15.7. The molecule has 19 heavy (non-hydrogen) atoms. The average Bonchev–Trinajstić information content (AvgIpc) is 3.23. The molecule has 102 valence electrons. The van der Waals surface area contributed by atoms with E-state index >= 15 is 0 Å². The Kier molecular flexibility index (Phi) is 4.47.